The molecule has 0 radical (unpaired) electrons. The number of carbonyl (C=O) groups excluding carboxylic acids is 2. The average molecular weight is 501 g/mol. The Morgan fingerprint density at radius 1 is 1.05 bits per heavy atom. The van der Waals surface area contributed by atoms with Crippen molar-refractivity contribution in [3.63, 3.8) is 0 Å². The predicted octanol–water partition coefficient (Wildman–Crippen LogP) is 4.34. The maximum Gasteiger partial charge on any atom is 0.387 e. The van der Waals surface area contributed by atoms with Crippen LogP contribution in [0.2, 0.25) is 0 Å². The fraction of sp³-hybridized carbons (Fsp3) is 0.259. The van der Waals surface area contributed by atoms with Gasteiger partial charge in [0.05, 0.1) is 29.5 Å². The highest BCUT2D eigenvalue weighted by atomic mass is 19.3. The van der Waals surface area contributed by atoms with Gasteiger partial charge in [-0.25, -0.2) is 9.97 Å². The van der Waals surface area contributed by atoms with Crippen molar-refractivity contribution >= 4 is 28.7 Å². The Hall–Kier alpha value is -4.34. The number of benzene rings is 2. The molecule has 0 fully saturated rings. The molecule has 0 N–H and O–H groups in total. The molecular formula is C27H21F2N5O3. The molecule has 2 amide bonds. The van der Waals surface area contributed by atoms with Gasteiger partial charge in [0, 0.05) is 49.0 Å². The first-order valence-electron chi connectivity index (χ1n) is 11.9. The van der Waals surface area contributed by atoms with Crippen molar-refractivity contribution in [2.45, 2.75) is 31.5 Å². The van der Waals surface area contributed by atoms with E-state index in [0.29, 0.717) is 35.6 Å². The SMILES string of the molecule is CN1C(=O)Cc2cc(-c3ccc4nc5n(c4c3)[C@@H]3C[C@H]5N(C)C(=O)c4cccc(OC(F)F)c43)cnc21. The Morgan fingerprint density at radius 3 is 2.70 bits per heavy atom. The van der Waals surface area contributed by atoms with Gasteiger partial charge in [0.25, 0.3) is 5.91 Å². The zero-order valence-corrected chi connectivity index (χ0v) is 20.0. The number of amides is 2. The molecule has 0 spiro atoms. The average Bonchev–Trinajstić information content (AvgIpc) is 3.50. The number of hydrogen-bond donors (Lipinski definition) is 0. The highest BCUT2D eigenvalue weighted by molar-refractivity contribution is 6.00. The fourth-order valence-corrected chi connectivity index (χ4v) is 5.95. The van der Waals surface area contributed by atoms with E-state index in [1.54, 1.807) is 42.2 Å². The van der Waals surface area contributed by atoms with Crippen LogP contribution in [0.4, 0.5) is 14.6 Å². The Balaban J connectivity index is 1.41. The predicted molar refractivity (Wildman–Crippen MR) is 131 cm³/mol. The van der Waals surface area contributed by atoms with Crippen molar-refractivity contribution in [3.05, 3.63) is 71.2 Å². The minimum atomic E-state index is -3.01. The number of fused-ring (bicyclic) bond motifs is 10. The third kappa shape index (κ3) is 3.04. The highest BCUT2D eigenvalue weighted by Gasteiger charge is 2.45. The molecule has 5 heterocycles. The smallest absolute Gasteiger partial charge is 0.387 e. The van der Waals surface area contributed by atoms with E-state index in [9.17, 15) is 18.4 Å². The van der Waals surface area contributed by atoms with Gasteiger partial charge in [-0.05, 0) is 35.9 Å². The Labute approximate surface area is 210 Å². The Morgan fingerprint density at radius 2 is 1.89 bits per heavy atom. The van der Waals surface area contributed by atoms with E-state index < -0.39 is 12.7 Å². The van der Waals surface area contributed by atoms with Gasteiger partial charge in [-0.2, -0.15) is 8.78 Å². The Kier molecular flexibility index (Phi) is 4.49. The molecule has 4 aromatic rings. The second-order valence-corrected chi connectivity index (χ2v) is 9.66. The molecule has 2 atom stereocenters. The van der Waals surface area contributed by atoms with Crippen LogP contribution in [0.3, 0.4) is 0 Å². The van der Waals surface area contributed by atoms with Crippen molar-refractivity contribution in [3.8, 4) is 16.9 Å². The molecule has 7 rings (SSSR count). The third-order valence-electron chi connectivity index (χ3n) is 7.72. The second-order valence-electron chi connectivity index (χ2n) is 9.66. The molecular weight excluding hydrogens is 480 g/mol. The van der Waals surface area contributed by atoms with E-state index in [1.807, 2.05) is 28.8 Å². The number of likely N-dealkylation sites (N-methyl/N-ethyl adjacent to an activating group) is 1. The van der Waals surface area contributed by atoms with Crippen LogP contribution in [0, 0.1) is 0 Å². The number of pyridine rings is 1. The number of rotatable bonds is 3. The molecule has 37 heavy (non-hydrogen) atoms. The lowest BCUT2D eigenvalue weighted by Gasteiger charge is -2.24. The lowest BCUT2D eigenvalue weighted by Crippen LogP contribution is -2.30. The first-order chi connectivity index (χ1) is 17.8. The Bertz CT molecular complexity index is 1650. The first kappa shape index (κ1) is 21.9. The van der Waals surface area contributed by atoms with Crippen LogP contribution >= 0.6 is 0 Å². The van der Waals surface area contributed by atoms with Gasteiger partial charge in [0.1, 0.15) is 17.4 Å². The van der Waals surface area contributed by atoms with E-state index in [-0.39, 0.29) is 23.6 Å². The van der Waals surface area contributed by atoms with Gasteiger partial charge in [-0.15, -0.1) is 0 Å². The third-order valence-corrected chi connectivity index (χ3v) is 7.72. The first-order valence-corrected chi connectivity index (χ1v) is 11.9. The van der Waals surface area contributed by atoms with Crippen molar-refractivity contribution < 1.29 is 23.1 Å². The van der Waals surface area contributed by atoms with E-state index >= 15 is 0 Å². The summed E-state index contributed by atoms with van der Waals surface area (Å²) in [6, 6.07) is 11.9. The van der Waals surface area contributed by atoms with Gasteiger partial charge in [0.15, 0.2) is 0 Å². The van der Waals surface area contributed by atoms with Gasteiger partial charge >= 0.3 is 6.61 Å². The maximum atomic E-state index is 13.3. The van der Waals surface area contributed by atoms with Crippen LogP contribution in [0.1, 0.15) is 45.8 Å². The van der Waals surface area contributed by atoms with Crippen LogP contribution in [0.5, 0.6) is 5.75 Å². The summed E-state index contributed by atoms with van der Waals surface area (Å²) in [5, 5.41) is 0. The number of hydrogen-bond acceptors (Lipinski definition) is 5. The number of halogens is 2. The molecule has 186 valence electrons. The molecule has 2 aromatic heterocycles. The number of nitrogens with zero attached hydrogens (tertiary/aromatic N) is 5. The summed E-state index contributed by atoms with van der Waals surface area (Å²) < 4.78 is 33.6. The van der Waals surface area contributed by atoms with Crippen molar-refractivity contribution in [1.29, 1.82) is 0 Å². The van der Waals surface area contributed by atoms with Gasteiger partial charge in [0.2, 0.25) is 5.91 Å². The molecule has 0 unspecified atom stereocenters. The topological polar surface area (TPSA) is 80.6 Å². The van der Waals surface area contributed by atoms with E-state index in [2.05, 4.69) is 4.98 Å². The highest BCUT2D eigenvalue weighted by Crippen LogP contribution is 2.50. The van der Waals surface area contributed by atoms with Crippen molar-refractivity contribution in [1.82, 2.24) is 19.4 Å². The zero-order chi connectivity index (χ0) is 25.6. The maximum absolute atomic E-state index is 13.3. The van der Waals surface area contributed by atoms with Crippen LogP contribution in [0.25, 0.3) is 22.2 Å². The summed E-state index contributed by atoms with van der Waals surface area (Å²) >= 11 is 0. The molecule has 2 bridgehead atoms. The number of ether oxygens (including phenoxy) is 1. The van der Waals surface area contributed by atoms with Gasteiger partial charge in [-0.1, -0.05) is 12.1 Å². The molecule has 0 saturated carbocycles. The van der Waals surface area contributed by atoms with Crippen LogP contribution in [0.15, 0.2) is 48.7 Å². The largest absolute Gasteiger partial charge is 0.434 e. The number of aromatic nitrogens is 3. The van der Waals surface area contributed by atoms with E-state index in [0.717, 1.165) is 27.7 Å². The van der Waals surface area contributed by atoms with Crippen LogP contribution in [-0.4, -0.2) is 52.0 Å². The summed E-state index contributed by atoms with van der Waals surface area (Å²) in [6.07, 6.45) is 2.57. The monoisotopic (exact) mass is 501 g/mol. The van der Waals surface area contributed by atoms with E-state index in [4.69, 9.17) is 9.72 Å². The van der Waals surface area contributed by atoms with Gasteiger partial charge in [-0.3, -0.25) is 14.5 Å². The van der Waals surface area contributed by atoms with Crippen molar-refractivity contribution in [2.24, 2.45) is 0 Å². The summed E-state index contributed by atoms with van der Waals surface area (Å²) in [7, 11) is 3.43. The summed E-state index contributed by atoms with van der Waals surface area (Å²) in [4.78, 5) is 37.9. The number of imidazole rings is 1. The summed E-state index contributed by atoms with van der Waals surface area (Å²) in [5.41, 5.74) is 5.02. The molecule has 8 nitrogen and oxygen atoms in total. The molecule has 10 heteroatoms. The number of anilines is 1. The van der Waals surface area contributed by atoms with Gasteiger partial charge < -0.3 is 14.2 Å². The number of alkyl halides is 2. The second kappa shape index (κ2) is 7.58. The van der Waals surface area contributed by atoms with Crippen LogP contribution < -0.4 is 9.64 Å². The summed E-state index contributed by atoms with van der Waals surface area (Å²) in [6.45, 7) is -3.01. The summed E-state index contributed by atoms with van der Waals surface area (Å²) in [5.74, 6) is 1.14. The quantitative estimate of drug-likeness (QED) is 0.417. The zero-order valence-electron chi connectivity index (χ0n) is 20.0. The number of carbonyl (C=O) groups is 2. The molecule has 0 saturated heterocycles. The lowest BCUT2D eigenvalue weighted by molar-refractivity contribution is -0.117. The minimum absolute atomic E-state index is 0.00219. The molecule has 2 aromatic carbocycles. The minimum Gasteiger partial charge on any atom is -0.434 e. The standard InChI is InChI=1S/C27H21F2N5O3/c1-32-20-11-19(23-16(26(32)36)4-3-5-21(23)37-27(28)29)34-18-9-13(6-7-17(18)31-25(20)34)15-8-14-10-22(35)33(2)24(14)30-12-15/h3-9,12,19-20,27H,10-11H2,1-2H3/t19-,20-/m1/s1. The van der Waals surface area contributed by atoms with Crippen LogP contribution in [-0.2, 0) is 11.2 Å². The molecule has 3 aliphatic heterocycles. The fourth-order valence-electron chi connectivity index (χ4n) is 5.95. The normalized spacial score (nSPS) is 19.9. The molecule has 0 aliphatic carbocycles. The lowest BCUT2D eigenvalue weighted by atomic mass is 9.97. The van der Waals surface area contributed by atoms with E-state index in [1.165, 1.54) is 6.07 Å². The molecule has 3 aliphatic rings. The van der Waals surface area contributed by atoms with Crippen molar-refractivity contribution in [2.75, 3.05) is 19.0 Å².